The highest BCUT2D eigenvalue weighted by Crippen LogP contribution is 2.32. The fraction of sp³-hybridized carbons (Fsp3) is 0.320. The molecular formula is C25H23F6N3O6S2. The van der Waals surface area contributed by atoms with E-state index in [2.05, 4.69) is 10.3 Å². The van der Waals surface area contributed by atoms with E-state index < -0.39 is 45.9 Å². The molecule has 2 N–H and O–H groups in total. The van der Waals surface area contributed by atoms with Crippen LogP contribution in [0.5, 0.6) is 5.75 Å². The summed E-state index contributed by atoms with van der Waals surface area (Å²) in [4.78, 5) is 26.1. The number of rotatable bonds is 6. The SMILES string of the molecule is COc1ccc(-c2csc(NC(=O)[C@H]3CCCCN3S(=O)(=O)c3ccc(C(F)(F)F)cc3)n2)cc1.O=C(O)C(F)(F)F. The number of amides is 1. The molecule has 9 nitrogen and oxygen atoms in total. The van der Waals surface area contributed by atoms with E-state index >= 15 is 0 Å². The first-order valence-electron chi connectivity index (χ1n) is 11.9. The first-order valence-corrected chi connectivity index (χ1v) is 14.3. The van der Waals surface area contributed by atoms with Crippen molar-refractivity contribution in [2.75, 3.05) is 19.0 Å². The van der Waals surface area contributed by atoms with Gasteiger partial charge in [-0.15, -0.1) is 11.3 Å². The molecule has 42 heavy (non-hydrogen) atoms. The number of sulfonamides is 1. The Kier molecular flexibility index (Phi) is 10.2. The Morgan fingerprint density at radius 2 is 1.62 bits per heavy atom. The van der Waals surface area contributed by atoms with Crippen molar-refractivity contribution in [2.45, 2.75) is 42.6 Å². The smallest absolute Gasteiger partial charge is 0.490 e. The molecule has 1 amide bonds. The van der Waals surface area contributed by atoms with Crippen LogP contribution in [-0.4, -0.2) is 60.6 Å². The van der Waals surface area contributed by atoms with Gasteiger partial charge >= 0.3 is 18.3 Å². The number of aromatic nitrogens is 1. The van der Waals surface area contributed by atoms with E-state index in [0.29, 0.717) is 35.8 Å². The number of benzene rings is 2. The zero-order chi connectivity index (χ0) is 31.3. The van der Waals surface area contributed by atoms with Crippen molar-refractivity contribution in [3.05, 3.63) is 59.5 Å². The summed E-state index contributed by atoms with van der Waals surface area (Å²) in [5.74, 6) is -2.59. The number of methoxy groups -OCH3 is 1. The van der Waals surface area contributed by atoms with Gasteiger partial charge in [-0.25, -0.2) is 18.2 Å². The van der Waals surface area contributed by atoms with E-state index in [9.17, 15) is 39.6 Å². The second-order valence-electron chi connectivity index (χ2n) is 8.71. The molecule has 1 atom stereocenters. The molecule has 2 aromatic carbocycles. The molecule has 0 saturated carbocycles. The number of hydrogen-bond donors (Lipinski definition) is 2. The maximum Gasteiger partial charge on any atom is 0.490 e. The third kappa shape index (κ3) is 8.19. The van der Waals surface area contributed by atoms with Gasteiger partial charge in [-0.05, 0) is 61.4 Å². The van der Waals surface area contributed by atoms with Gasteiger partial charge in [0.25, 0.3) is 0 Å². The van der Waals surface area contributed by atoms with Crippen molar-refractivity contribution >= 4 is 38.4 Å². The van der Waals surface area contributed by atoms with Gasteiger partial charge in [-0.2, -0.15) is 30.6 Å². The van der Waals surface area contributed by atoms with Crippen LogP contribution < -0.4 is 10.1 Å². The van der Waals surface area contributed by atoms with Gasteiger partial charge in [0, 0.05) is 17.5 Å². The van der Waals surface area contributed by atoms with Gasteiger partial charge in [0.15, 0.2) is 5.13 Å². The lowest BCUT2D eigenvalue weighted by atomic mass is 10.0. The summed E-state index contributed by atoms with van der Waals surface area (Å²) in [6.07, 6.45) is -8.18. The number of nitrogens with zero attached hydrogens (tertiary/aromatic N) is 2. The molecule has 4 rings (SSSR count). The second kappa shape index (κ2) is 13.1. The molecule has 3 aromatic rings. The number of piperidine rings is 1. The highest BCUT2D eigenvalue weighted by molar-refractivity contribution is 7.89. The molecule has 0 spiro atoms. The number of nitrogens with one attached hydrogen (secondary N) is 1. The van der Waals surface area contributed by atoms with Crippen LogP contribution in [0, 0.1) is 0 Å². The minimum absolute atomic E-state index is 0.0937. The number of carboxylic acids is 1. The van der Waals surface area contributed by atoms with Crippen LogP contribution in [0.1, 0.15) is 24.8 Å². The largest absolute Gasteiger partial charge is 0.497 e. The molecule has 1 fully saturated rings. The van der Waals surface area contributed by atoms with E-state index in [1.165, 1.54) is 11.3 Å². The molecule has 1 aliphatic rings. The summed E-state index contributed by atoms with van der Waals surface area (Å²) in [6, 6.07) is 9.54. The van der Waals surface area contributed by atoms with Crippen molar-refractivity contribution in [3.63, 3.8) is 0 Å². The number of thiazole rings is 1. The van der Waals surface area contributed by atoms with Gasteiger partial charge in [0.05, 0.1) is 23.3 Å². The van der Waals surface area contributed by atoms with E-state index in [1.54, 1.807) is 24.6 Å². The number of carbonyl (C=O) groups is 2. The summed E-state index contributed by atoms with van der Waals surface area (Å²) in [5.41, 5.74) is 0.526. The Balaban J connectivity index is 0.000000616. The molecule has 0 aliphatic carbocycles. The molecule has 1 aromatic heterocycles. The summed E-state index contributed by atoms with van der Waals surface area (Å²) >= 11 is 1.21. The minimum atomic E-state index is -5.08. The number of alkyl halides is 6. The Labute approximate surface area is 239 Å². The molecule has 0 radical (unpaired) electrons. The lowest BCUT2D eigenvalue weighted by molar-refractivity contribution is -0.192. The van der Waals surface area contributed by atoms with Crippen molar-refractivity contribution < 1.29 is 54.2 Å². The normalized spacial score (nSPS) is 16.2. The topological polar surface area (TPSA) is 126 Å². The number of aliphatic carboxylic acids is 1. The number of halogens is 6. The van der Waals surface area contributed by atoms with Crippen LogP contribution in [-0.2, 0) is 25.8 Å². The van der Waals surface area contributed by atoms with Crippen LogP contribution in [0.4, 0.5) is 31.5 Å². The molecule has 1 saturated heterocycles. The summed E-state index contributed by atoms with van der Waals surface area (Å²) in [5, 5.41) is 11.9. The Bertz CT molecular complexity index is 1490. The number of ether oxygens (including phenoxy) is 1. The maximum atomic E-state index is 13.2. The van der Waals surface area contributed by atoms with E-state index in [-0.39, 0.29) is 11.4 Å². The van der Waals surface area contributed by atoms with Crippen molar-refractivity contribution in [1.29, 1.82) is 0 Å². The van der Waals surface area contributed by atoms with Gasteiger partial charge in [-0.1, -0.05) is 6.42 Å². The standard InChI is InChI=1S/C23H22F3N3O4S2.C2HF3O2/c1-33-17-9-5-15(6-10-17)19-14-34-22(27-19)28-21(30)20-4-2-3-13-29(20)35(31,32)18-11-7-16(8-12-18)23(24,25)26;3-2(4,5)1(6)7/h5-12,14,20H,2-4,13H2,1H3,(H,27,28,30);(H,6,7)/t20-;/m1./s1. The molecular weight excluding hydrogens is 616 g/mol. The zero-order valence-electron chi connectivity index (χ0n) is 21.6. The van der Waals surface area contributed by atoms with Crippen LogP contribution in [0.3, 0.4) is 0 Å². The van der Waals surface area contributed by atoms with Crippen LogP contribution in [0.25, 0.3) is 11.3 Å². The number of carbonyl (C=O) groups excluding carboxylic acids is 1. The van der Waals surface area contributed by atoms with Gasteiger partial charge in [0.2, 0.25) is 15.9 Å². The molecule has 0 unspecified atom stereocenters. The molecule has 17 heteroatoms. The number of hydrogen-bond acceptors (Lipinski definition) is 7. The van der Waals surface area contributed by atoms with Crippen LogP contribution >= 0.6 is 11.3 Å². The quantitative estimate of drug-likeness (QED) is 0.334. The first kappa shape index (κ1) is 32.8. The zero-order valence-corrected chi connectivity index (χ0v) is 23.2. The number of anilines is 1. The first-order chi connectivity index (χ1) is 19.5. The maximum absolute atomic E-state index is 13.2. The Morgan fingerprint density at radius 1 is 1.02 bits per heavy atom. The molecule has 0 bridgehead atoms. The Morgan fingerprint density at radius 3 is 2.14 bits per heavy atom. The average Bonchev–Trinajstić information content (AvgIpc) is 3.41. The number of carboxylic acid groups (broad SMARTS) is 1. The van der Waals surface area contributed by atoms with Gasteiger partial charge in [-0.3, -0.25) is 4.79 Å². The van der Waals surface area contributed by atoms with Gasteiger partial charge in [0.1, 0.15) is 11.8 Å². The van der Waals surface area contributed by atoms with E-state index in [4.69, 9.17) is 14.6 Å². The lowest BCUT2D eigenvalue weighted by Gasteiger charge is -2.33. The molecule has 2 heterocycles. The van der Waals surface area contributed by atoms with Crippen molar-refractivity contribution in [1.82, 2.24) is 9.29 Å². The third-order valence-electron chi connectivity index (χ3n) is 5.91. The summed E-state index contributed by atoms with van der Waals surface area (Å²) in [7, 11) is -2.61. The molecule has 228 valence electrons. The minimum Gasteiger partial charge on any atom is -0.497 e. The fourth-order valence-electron chi connectivity index (χ4n) is 3.82. The van der Waals surface area contributed by atoms with E-state index in [1.807, 2.05) is 12.1 Å². The summed E-state index contributed by atoms with van der Waals surface area (Å²) in [6.45, 7) is 0.0937. The molecule has 1 aliphatic heterocycles. The van der Waals surface area contributed by atoms with E-state index in [0.717, 1.165) is 34.1 Å². The predicted octanol–water partition coefficient (Wildman–Crippen LogP) is 5.65. The monoisotopic (exact) mass is 639 g/mol. The predicted molar refractivity (Wildman–Crippen MR) is 139 cm³/mol. The average molecular weight is 640 g/mol. The third-order valence-corrected chi connectivity index (χ3v) is 8.59. The van der Waals surface area contributed by atoms with Crippen LogP contribution in [0.2, 0.25) is 0 Å². The van der Waals surface area contributed by atoms with Crippen molar-refractivity contribution in [2.24, 2.45) is 0 Å². The lowest BCUT2D eigenvalue weighted by Crippen LogP contribution is -2.49. The van der Waals surface area contributed by atoms with Crippen molar-refractivity contribution in [3.8, 4) is 17.0 Å². The summed E-state index contributed by atoms with van der Waals surface area (Å²) < 4.78 is 103. The van der Waals surface area contributed by atoms with Gasteiger partial charge < -0.3 is 15.2 Å². The second-order valence-corrected chi connectivity index (χ2v) is 11.5. The Hall–Kier alpha value is -3.70. The highest BCUT2D eigenvalue weighted by Gasteiger charge is 2.39. The van der Waals surface area contributed by atoms with Crippen LogP contribution in [0.15, 0.2) is 58.8 Å². The highest BCUT2D eigenvalue weighted by atomic mass is 32.2. The fourth-order valence-corrected chi connectivity index (χ4v) is 6.20.